The van der Waals surface area contributed by atoms with E-state index in [2.05, 4.69) is 32.1 Å². The Morgan fingerprint density at radius 1 is 1.10 bits per heavy atom. The van der Waals surface area contributed by atoms with E-state index in [-0.39, 0.29) is 51.9 Å². The molecule has 2 N–H and O–H groups in total. The number of hydrogen-bond acceptors (Lipinski definition) is 8. The fraction of sp³-hybridized carbons (Fsp3) is 0.400. The minimum atomic E-state index is -3.63. The van der Waals surface area contributed by atoms with Gasteiger partial charge in [0.25, 0.3) is 5.92 Å². The normalized spacial score (nSPS) is 16.6. The first-order chi connectivity index (χ1) is 27.7. The minimum absolute atomic E-state index is 0.0372. The Hall–Kier alpha value is -4.70. The molecule has 2 unspecified atom stereocenters. The Kier molecular flexibility index (Phi) is 11.3. The van der Waals surface area contributed by atoms with E-state index in [0.717, 1.165) is 16.8 Å². The number of pyridine rings is 1. The molecule has 2 aliphatic rings. The van der Waals surface area contributed by atoms with E-state index in [1.54, 1.807) is 25.2 Å². The summed E-state index contributed by atoms with van der Waals surface area (Å²) in [6, 6.07) is 7.95. The molecule has 5 aromatic rings. The van der Waals surface area contributed by atoms with Crippen molar-refractivity contribution in [1.29, 1.82) is 0 Å². The van der Waals surface area contributed by atoms with Crippen molar-refractivity contribution in [2.24, 2.45) is 7.05 Å². The first-order valence-corrected chi connectivity index (χ1v) is 22.0. The van der Waals surface area contributed by atoms with Gasteiger partial charge in [0, 0.05) is 36.2 Å². The summed E-state index contributed by atoms with van der Waals surface area (Å²) in [5.74, 6) is -0.127. The molecule has 0 bridgehead atoms. The average Bonchev–Trinajstić information content (AvgIpc) is 3.77. The van der Waals surface area contributed by atoms with Crippen LogP contribution in [0.3, 0.4) is 0 Å². The van der Waals surface area contributed by atoms with Gasteiger partial charge in [-0.25, -0.2) is 26.6 Å². The third-order valence-corrected chi connectivity index (χ3v) is 14.0. The summed E-state index contributed by atoms with van der Waals surface area (Å²) in [5, 5.41) is 11.5. The number of alkyl halides is 3. The number of hydrogen-bond donors (Lipinski definition) is 2. The van der Waals surface area contributed by atoms with Crippen LogP contribution in [0.2, 0.25) is 5.02 Å². The lowest BCUT2D eigenvalue weighted by Crippen LogP contribution is -2.35. The number of nitrogens with zero attached hydrogens (tertiary/aromatic N) is 5. The molecule has 3 heterocycles. The zero-order valence-electron chi connectivity index (χ0n) is 32.5. The summed E-state index contributed by atoms with van der Waals surface area (Å²) in [5.41, 5.74) is 0.772. The van der Waals surface area contributed by atoms with Crippen LogP contribution >= 0.6 is 11.6 Å². The standard InChI is InChI=1S/C40H39ClF5N7O4S2/c1-21(42)34-29-13-15-40(45,46)37(29)53(49-34)20-32(54)48-31(18-22-16-23(43)19-24(44)17-22)35-27(9-6-25(47-35)12-14-39(2,3)59(56,57)26-7-8-26)28-10-11-30(41)33-36(28)52(4)50-38(33)51-58(5)55/h6,9-11,16-17,19,21,26,31H,7-8,13,15,18,20H2,1-5H3,(H,48,54)(H,50,51)/t21?,31-,58?/m0/s1. The number of nitrogens with one attached hydrogen (secondary N) is 2. The highest BCUT2D eigenvalue weighted by atomic mass is 35.5. The highest BCUT2D eigenvalue weighted by molar-refractivity contribution is 7.93. The van der Waals surface area contributed by atoms with Crippen LogP contribution in [0.4, 0.5) is 27.8 Å². The van der Waals surface area contributed by atoms with E-state index in [1.165, 1.54) is 37.8 Å². The van der Waals surface area contributed by atoms with Crippen LogP contribution in [-0.4, -0.2) is 59.7 Å². The number of sulfone groups is 1. The van der Waals surface area contributed by atoms with Crippen molar-refractivity contribution in [3.8, 4) is 23.0 Å². The molecule has 59 heavy (non-hydrogen) atoms. The van der Waals surface area contributed by atoms with Gasteiger partial charge in [-0.1, -0.05) is 23.6 Å². The number of aromatic nitrogens is 5. The number of amides is 1. The van der Waals surface area contributed by atoms with Crippen LogP contribution in [0.5, 0.6) is 0 Å². The zero-order valence-corrected chi connectivity index (χ0v) is 34.9. The van der Waals surface area contributed by atoms with Crippen molar-refractivity contribution in [2.75, 3.05) is 11.0 Å². The highest BCUT2D eigenvalue weighted by Gasteiger charge is 2.47. The van der Waals surface area contributed by atoms with Crippen LogP contribution in [0.25, 0.3) is 22.0 Å². The van der Waals surface area contributed by atoms with Crippen molar-refractivity contribution >= 4 is 55.4 Å². The summed E-state index contributed by atoms with van der Waals surface area (Å²) in [4.78, 5) is 18.9. The van der Waals surface area contributed by atoms with Crippen molar-refractivity contribution in [2.45, 2.75) is 87.6 Å². The van der Waals surface area contributed by atoms with Crippen LogP contribution in [0, 0.1) is 23.5 Å². The third-order valence-electron chi connectivity index (χ3n) is 10.4. The van der Waals surface area contributed by atoms with Gasteiger partial charge in [-0.15, -0.1) is 0 Å². The van der Waals surface area contributed by atoms with Gasteiger partial charge >= 0.3 is 0 Å². The molecule has 19 heteroatoms. The predicted octanol–water partition coefficient (Wildman–Crippen LogP) is 7.34. The zero-order chi connectivity index (χ0) is 42.8. The maximum atomic E-state index is 15.2. The van der Waals surface area contributed by atoms with Crippen molar-refractivity contribution in [1.82, 2.24) is 29.9 Å². The Morgan fingerprint density at radius 3 is 2.42 bits per heavy atom. The van der Waals surface area contributed by atoms with Crippen molar-refractivity contribution in [3.05, 3.63) is 93.0 Å². The molecule has 1 fully saturated rings. The number of benzene rings is 2. The molecular formula is C40H39ClF5N7O4S2. The van der Waals surface area contributed by atoms with Gasteiger partial charge in [-0.05, 0) is 88.3 Å². The Morgan fingerprint density at radius 2 is 1.78 bits per heavy atom. The lowest BCUT2D eigenvalue weighted by atomic mass is 9.93. The lowest BCUT2D eigenvalue weighted by Gasteiger charge is -2.23. The van der Waals surface area contributed by atoms with Crippen LogP contribution in [0.15, 0.2) is 42.5 Å². The van der Waals surface area contributed by atoms with Crippen LogP contribution < -0.4 is 10.0 Å². The summed E-state index contributed by atoms with van der Waals surface area (Å²) in [6.45, 7) is 3.39. The molecule has 1 saturated carbocycles. The third kappa shape index (κ3) is 8.39. The van der Waals surface area contributed by atoms with Crippen molar-refractivity contribution in [3.63, 3.8) is 0 Å². The molecule has 3 atom stereocenters. The molecule has 1 amide bonds. The number of carbonyl (C=O) groups is 1. The molecule has 312 valence electrons. The molecule has 2 aromatic carbocycles. The molecule has 0 aliphatic heterocycles. The number of anilines is 1. The van der Waals surface area contributed by atoms with Gasteiger partial charge in [0.2, 0.25) is 11.7 Å². The molecular weight excluding hydrogens is 837 g/mol. The van der Waals surface area contributed by atoms with Gasteiger partial charge in [0.15, 0.2) is 9.84 Å². The number of aryl methyl sites for hydroxylation is 1. The van der Waals surface area contributed by atoms with E-state index < -0.39 is 85.5 Å². The van der Waals surface area contributed by atoms with E-state index in [4.69, 9.17) is 16.6 Å². The number of halogens is 6. The maximum Gasteiger partial charge on any atom is 0.290 e. The lowest BCUT2D eigenvalue weighted by molar-refractivity contribution is -0.122. The summed E-state index contributed by atoms with van der Waals surface area (Å²) < 4.78 is 116. The van der Waals surface area contributed by atoms with E-state index in [0.29, 0.717) is 40.9 Å². The first-order valence-electron chi connectivity index (χ1n) is 18.6. The number of rotatable bonds is 12. The Bertz CT molecular complexity index is 2650. The predicted molar refractivity (Wildman–Crippen MR) is 214 cm³/mol. The van der Waals surface area contributed by atoms with Gasteiger partial charge in [0.05, 0.1) is 44.3 Å². The smallest absolute Gasteiger partial charge is 0.290 e. The van der Waals surface area contributed by atoms with Gasteiger partial charge < -0.3 is 9.87 Å². The van der Waals surface area contributed by atoms with Gasteiger partial charge in [0.1, 0.15) is 52.4 Å². The SMILES string of the molecule is CC(F)c1nn(CC(=O)N[C@@H](Cc2cc(F)cc(F)c2)c2nc(C#CC(C)(C)S(=O)(=O)C3CC3)ccc2-c2ccc(Cl)c3c(N[S+](C)[O-])nn(C)c23)c2c1CCC2(F)F. The summed E-state index contributed by atoms with van der Waals surface area (Å²) >= 11 is 5.13. The number of carbonyl (C=O) groups excluding carboxylic acids is 1. The first kappa shape index (κ1) is 42.4. The average molecular weight is 876 g/mol. The molecule has 0 saturated heterocycles. The van der Waals surface area contributed by atoms with Gasteiger partial charge in [-0.3, -0.25) is 14.2 Å². The monoisotopic (exact) mass is 875 g/mol. The largest absolute Gasteiger partial charge is 0.593 e. The van der Waals surface area contributed by atoms with Gasteiger partial charge in [-0.2, -0.15) is 23.7 Å². The fourth-order valence-corrected chi connectivity index (χ4v) is 9.93. The molecule has 3 aromatic heterocycles. The van der Waals surface area contributed by atoms with E-state index >= 15 is 8.78 Å². The second kappa shape index (κ2) is 15.7. The Labute approximate surface area is 345 Å². The van der Waals surface area contributed by atoms with Crippen LogP contribution in [0.1, 0.15) is 86.1 Å². The molecule has 7 rings (SSSR count). The second-order valence-electron chi connectivity index (χ2n) is 15.3. The second-order valence-corrected chi connectivity index (χ2v) is 19.6. The highest BCUT2D eigenvalue weighted by Crippen LogP contribution is 2.45. The quantitative estimate of drug-likeness (QED) is 0.0753. The topological polar surface area (TPSA) is 147 Å². The van der Waals surface area contributed by atoms with Crippen molar-refractivity contribution < 1.29 is 39.7 Å². The fourth-order valence-electron chi connectivity index (χ4n) is 7.49. The van der Waals surface area contributed by atoms with Crippen LogP contribution in [-0.2, 0) is 58.4 Å². The molecule has 11 nitrogen and oxygen atoms in total. The molecule has 0 radical (unpaired) electrons. The Balaban J connectivity index is 1.40. The number of fused-ring (bicyclic) bond motifs is 2. The van der Waals surface area contributed by atoms with E-state index in [1.807, 2.05) is 0 Å². The minimum Gasteiger partial charge on any atom is -0.593 e. The summed E-state index contributed by atoms with van der Waals surface area (Å²) in [7, 11) is -2.00. The maximum absolute atomic E-state index is 15.2. The molecule has 0 spiro atoms. The summed E-state index contributed by atoms with van der Waals surface area (Å²) in [6.07, 6.45) is -0.197. The van der Waals surface area contributed by atoms with E-state index in [9.17, 15) is 30.9 Å². The molecule has 2 aliphatic carbocycles.